The van der Waals surface area contributed by atoms with E-state index in [9.17, 15) is 0 Å². The monoisotopic (exact) mass is 714 g/mol. The molecule has 0 N–H and O–H groups in total. The molecular weight excluding hydrogens is 681 g/mol. The zero-order valence-corrected chi connectivity index (χ0v) is 30.4. The molecule has 0 atom stereocenters. The number of pyridine rings is 1. The molecule has 4 nitrogen and oxygen atoms in total. The van der Waals surface area contributed by atoms with Crippen LogP contribution in [0.2, 0.25) is 0 Å². The first kappa shape index (κ1) is 33.0. The molecule has 0 saturated carbocycles. The van der Waals surface area contributed by atoms with Gasteiger partial charge in [-0.2, -0.15) is 0 Å². The predicted octanol–water partition coefficient (Wildman–Crippen LogP) is 13.2. The summed E-state index contributed by atoms with van der Waals surface area (Å²) in [4.78, 5) is 19.8. The van der Waals surface area contributed by atoms with Crippen molar-refractivity contribution in [2.45, 2.75) is 0 Å². The van der Waals surface area contributed by atoms with Crippen LogP contribution in [0.15, 0.2) is 206 Å². The van der Waals surface area contributed by atoms with E-state index in [4.69, 9.17) is 15.0 Å². The standard InChI is InChI=1S/C52H34N4/c1-3-9-35(10-4-1)37-18-26-43(27-19-37)50-54-51(44-28-20-38(21-29-44)36-11-5-2-6-12-36)56-52(55-50)45-30-22-40(23-31-45)39-16-24-41(25-17-39)46-14-7-15-48-47(46)33-32-42-13-8-34-53-49(42)48/h1-34H. The van der Waals surface area contributed by atoms with E-state index in [2.05, 4.69) is 187 Å². The Morgan fingerprint density at radius 2 is 0.661 bits per heavy atom. The van der Waals surface area contributed by atoms with Crippen LogP contribution in [-0.4, -0.2) is 19.9 Å². The molecule has 262 valence electrons. The van der Waals surface area contributed by atoms with Gasteiger partial charge in [0, 0.05) is 33.7 Å². The Labute approximate surface area is 325 Å². The van der Waals surface area contributed by atoms with E-state index in [1.807, 2.05) is 24.4 Å². The van der Waals surface area contributed by atoms with Gasteiger partial charge in [-0.3, -0.25) is 4.98 Å². The molecule has 0 aliphatic rings. The van der Waals surface area contributed by atoms with Gasteiger partial charge in [0.1, 0.15) is 0 Å². The molecule has 0 radical (unpaired) electrons. The van der Waals surface area contributed by atoms with Gasteiger partial charge in [0.05, 0.1) is 5.52 Å². The molecule has 0 spiro atoms. The van der Waals surface area contributed by atoms with Gasteiger partial charge >= 0.3 is 0 Å². The Balaban J connectivity index is 0.978. The van der Waals surface area contributed by atoms with E-state index < -0.39 is 0 Å². The summed E-state index contributed by atoms with van der Waals surface area (Å²) in [5.74, 6) is 1.89. The number of aromatic nitrogens is 4. The minimum absolute atomic E-state index is 0.629. The maximum atomic E-state index is 5.03. The molecule has 4 heteroatoms. The second kappa shape index (κ2) is 14.3. The van der Waals surface area contributed by atoms with Crippen molar-refractivity contribution in [1.82, 2.24) is 19.9 Å². The van der Waals surface area contributed by atoms with Crippen LogP contribution in [0.5, 0.6) is 0 Å². The fourth-order valence-electron chi connectivity index (χ4n) is 7.46. The molecule has 2 aromatic heterocycles. The van der Waals surface area contributed by atoms with Gasteiger partial charge in [-0.15, -0.1) is 0 Å². The van der Waals surface area contributed by atoms with Crippen LogP contribution in [0.1, 0.15) is 0 Å². The molecule has 0 bridgehead atoms. The Bertz CT molecular complexity index is 2860. The highest BCUT2D eigenvalue weighted by Crippen LogP contribution is 2.34. The SMILES string of the molecule is c1ccc(-c2ccc(-c3nc(-c4ccc(-c5ccccc5)cc4)nc(-c4ccc(-c5ccc(-c6cccc7c6ccc6cccnc67)cc5)cc4)n3)cc2)cc1. The molecule has 2 heterocycles. The second-order valence-corrected chi connectivity index (χ2v) is 13.9. The Morgan fingerprint density at radius 1 is 0.250 bits per heavy atom. The lowest BCUT2D eigenvalue weighted by atomic mass is 9.95. The number of nitrogens with zero attached hydrogens (tertiary/aromatic N) is 4. The van der Waals surface area contributed by atoms with Crippen molar-refractivity contribution in [1.29, 1.82) is 0 Å². The van der Waals surface area contributed by atoms with Gasteiger partial charge in [0.2, 0.25) is 0 Å². The second-order valence-electron chi connectivity index (χ2n) is 13.9. The summed E-state index contributed by atoms with van der Waals surface area (Å²) in [6, 6.07) is 69.9. The van der Waals surface area contributed by atoms with Crippen molar-refractivity contribution in [3.05, 3.63) is 206 Å². The van der Waals surface area contributed by atoms with Gasteiger partial charge in [-0.25, -0.2) is 15.0 Å². The Hall–Kier alpha value is -7.56. The van der Waals surface area contributed by atoms with Crippen LogP contribution in [0, 0.1) is 0 Å². The minimum Gasteiger partial charge on any atom is -0.256 e. The predicted molar refractivity (Wildman–Crippen MR) is 231 cm³/mol. The van der Waals surface area contributed by atoms with Crippen LogP contribution in [-0.2, 0) is 0 Å². The van der Waals surface area contributed by atoms with E-state index >= 15 is 0 Å². The zero-order valence-electron chi connectivity index (χ0n) is 30.4. The first-order chi connectivity index (χ1) is 27.7. The number of hydrogen-bond acceptors (Lipinski definition) is 4. The molecule has 10 aromatic rings. The average Bonchev–Trinajstić information content (AvgIpc) is 3.29. The maximum Gasteiger partial charge on any atom is 0.164 e. The fraction of sp³-hybridized carbons (Fsp3) is 0. The Morgan fingerprint density at radius 3 is 1.12 bits per heavy atom. The van der Waals surface area contributed by atoms with Crippen molar-refractivity contribution in [2.24, 2.45) is 0 Å². The first-order valence-electron chi connectivity index (χ1n) is 18.8. The van der Waals surface area contributed by atoms with Crippen molar-refractivity contribution in [3.8, 4) is 78.7 Å². The largest absolute Gasteiger partial charge is 0.256 e. The summed E-state index contributed by atoms with van der Waals surface area (Å²) in [7, 11) is 0. The molecule has 8 aromatic carbocycles. The Kier molecular flexibility index (Phi) is 8.47. The highest BCUT2D eigenvalue weighted by Gasteiger charge is 2.14. The van der Waals surface area contributed by atoms with Gasteiger partial charge in [0.15, 0.2) is 17.5 Å². The van der Waals surface area contributed by atoms with Crippen molar-refractivity contribution >= 4 is 21.7 Å². The fourth-order valence-corrected chi connectivity index (χ4v) is 7.46. The van der Waals surface area contributed by atoms with Crippen molar-refractivity contribution < 1.29 is 0 Å². The molecule has 0 saturated heterocycles. The maximum absolute atomic E-state index is 5.03. The number of hydrogen-bond donors (Lipinski definition) is 0. The molecule has 0 aliphatic carbocycles. The number of rotatable bonds is 7. The molecular formula is C52H34N4. The highest BCUT2D eigenvalue weighted by atomic mass is 15.0. The van der Waals surface area contributed by atoms with E-state index in [0.29, 0.717) is 17.5 Å². The van der Waals surface area contributed by atoms with Crippen LogP contribution in [0.3, 0.4) is 0 Å². The third-order valence-electron chi connectivity index (χ3n) is 10.4. The van der Waals surface area contributed by atoms with Gasteiger partial charge < -0.3 is 0 Å². The minimum atomic E-state index is 0.629. The molecule has 0 aliphatic heterocycles. The summed E-state index contributed by atoms with van der Waals surface area (Å²) in [5, 5.41) is 3.51. The summed E-state index contributed by atoms with van der Waals surface area (Å²) in [6.45, 7) is 0. The lowest BCUT2D eigenvalue weighted by molar-refractivity contribution is 1.07. The summed E-state index contributed by atoms with van der Waals surface area (Å²) in [5.41, 5.74) is 13.1. The topological polar surface area (TPSA) is 51.6 Å². The number of fused-ring (bicyclic) bond motifs is 3. The first-order valence-corrected chi connectivity index (χ1v) is 18.8. The van der Waals surface area contributed by atoms with Crippen molar-refractivity contribution in [3.63, 3.8) is 0 Å². The molecule has 0 unspecified atom stereocenters. The lowest BCUT2D eigenvalue weighted by Gasteiger charge is -2.11. The average molecular weight is 715 g/mol. The zero-order chi connectivity index (χ0) is 37.3. The van der Waals surface area contributed by atoms with Gasteiger partial charge in [0.25, 0.3) is 0 Å². The summed E-state index contributed by atoms with van der Waals surface area (Å²) in [6.07, 6.45) is 1.86. The summed E-state index contributed by atoms with van der Waals surface area (Å²) < 4.78 is 0. The van der Waals surface area contributed by atoms with Crippen LogP contribution in [0.25, 0.3) is 100 Å². The van der Waals surface area contributed by atoms with Gasteiger partial charge in [-0.1, -0.05) is 194 Å². The van der Waals surface area contributed by atoms with Crippen molar-refractivity contribution in [2.75, 3.05) is 0 Å². The molecule has 0 fully saturated rings. The normalized spacial score (nSPS) is 11.2. The molecule has 10 rings (SSSR count). The van der Waals surface area contributed by atoms with Crippen LogP contribution in [0.4, 0.5) is 0 Å². The third kappa shape index (κ3) is 6.40. The van der Waals surface area contributed by atoms with Crippen LogP contribution >= 0.6 is 0 Å². The quantitative estimate of drug-likeness (QED) is 0.154. The van der Waals surface area contributed by atoms with E-state index in [-0.39, 0.29) is 0 Å². The van der Waals surface area contributed by atoms with Crippen LogP contribution < -0.4 is 0 Å². The van der Waals surface area contributed by atoms with E-state index in [0.717, 1.165) is 49.8 Å². The smallest absolute Gasteiger partial charge is 0.164 e. The van der Waals surface area contributed by atoms with E-state index in [1.54, 1.807) is 0 Å². The third-order valence-corrected chi connectivity index (χ3v) is 10.4. The molecule has 56 heavy (non-hydrogen) atoms. The lowest BCUT2D eigenvalue weighted by Crippen LogP contribution is -2.00. The van der Waals surface area contributed by atoms with E-state index in [1.165, 1.54) is 33.0 Å². The number of benzene rings is 8. The highest BCUT2D eigenvalue weighted by molar-refractivity contribution is 6.10. The summed E-state index contributed by atoms with van der Waals surface area (Å²) >= 11 is 0. The molecule has 0 amide bonds. The van der Waals surface area contributed by atoms with Gasteiger partial charge in [-0.05, 0) is 56.0 Å².